The van der Waals surface area contributed by atoms with Crippen LogP contribution in [0.25, 0.3) is 0 Å². The summed E-state index contributed by atoms with van der Waals surface area (Å²) in [6, 6.07) is 4.21. The predicted molar refractivity (Wildman–Crippen MR) is 107 cm³/mol. The molecule has 3 rings (SSSR count). The minimum absolute atomic E-state index is 0.0690. The van der Waals surface area contributed by atoms with E-state index in [4.69, 9.17) is 13.9 Å². The van der Waals surface area contributed by atoms with E-state index in [9.17, 15) is 14.9 Å². The number of amides is 1. The average Bonchev–Trinajstić information content (AvgIpc) is 3.00. The van der Waals surface area contributed by atoms with Crippen molar-refractivity contribution in [3.05, 3.63) is 51.0 Å². The highest BCUT2D eigenvalue weighted by atomic mass is 16.6. The molecule has 8 heteroatoms. The van der Waals surface area contributed by atoms with E-state index in [0.717, 1.165) is 23.5 Å². The Morgan fingerprint density at radius 1 is 1.34 bits per heavy atom. The number of nitrogens with one attached hydrogen (secondary N) is 1. The number of carbonyl (C=O) groups excluding carboxylic acids is 1. The Labute approximate surface area is 169 Å². The molecular formula is C21H26N2O6. The van der Waals surface area contributed by atoms with E-state index in [1.807, 2.05) is 13.0 Å². The molecule has 0 spiro atoms. The number of nitro benzene ring substituents is 1. The van der Waals surface area contributed by atoms with Crippen molar-refractivity contribution in [2.75, 3.05) is 13.7 Å². The molecule has 1 N–H and O–H groups in total. The lowest BCUT2D eigenvalue weighted by molar-refractivity contribution is -0.385. The predicted octanol–water partition coefficient (Wildman–Crippen LogP) is 4.35. The summed E-state index contributed by atoms with van der Waals surface area (Å²) in [5.74, 6) is 1.59. The number of ether oxygens (including phenoxy) is 2. The van der Waals surface area contributed by atoms with Gasteiger partial charge >= 0.3 is 0 Å². The number of nitrogens with zero attached hydrogens (tertiary/aromatic N) is 1. The maximum Gasteiger partial charge on any atom is 0.286 e. The van der Waals surface area contributed by atoms with Crippen LogP contribution in [-0.2, 0) is 6.42 Å². The molecular weight excluding hydrogens is 376 g/mol. The number of nitro groups is 1. The number of hydrogen-bond donors (Lipinski definition) is 1. The molecule has 1 aromatic heterocycles. The maximum atomic E-state index is 13.1. The van der Waals surface area contributed by atoms with Crippen LogP contribution in [0.1, 0.15) is 60.7 Å². The van der Waals surface area contributed by atoms with Gasteiger partial charge in [-0.3, -0.25) is 14.9 Å². The fourth-order valence-corrected chi connectivity index (χ4v) is 3.86. The topological polar surface area (TPSA) is 104 Å². The Balaban J connectivity index is 1.97. The van der Waals surface area contributed by atoms with Gasteiger partial charge in [-0.15, -0.1) is 0 Å². The standard InChI is InChI=1S/C21H26N2O6/c1-6-28-18-9-16(23(25)26)14(8-17(18)27-5)20(24)22-15-10-21(3,4)11-19-13(15)7-12(2)29-19/h7-9,15H,6,10-11H2,1-5H3,(H,22,24). The number of benzene rings is 1. The van der Waals surface area contributed by atoms with Crippen LogP contribution < -0.4 is 14.8 Å². The van der Waals surface area contributed by atoms with Gasteiger partial charge in [-0.2, -0.15) is 0 Å². The van der Waals surface area contributed by atoms with Gasteiger partial charge in [-0.1, -0.05) is 13.8 Å². The van der Waals surface area contributed by atoms with Gasteiger partial charge in [-0.25, -0.2) is 0 Å². The molecule has 1 aliphatic carbocycles. The largest absolute Gasteiger partial charge is 0.493 e. The van der Waals surface area contributed by atoms with Gasteiger partial charge in [0.25, 0.3) is 11.6 Å². The van der Waals surface area contributed by atoms with Crippen LogP contribution >= 0.6 is 0 Å². The Hall–Kier alpha value is -3.03. The number of fused-ring (bicyclic) bond motifs is 1. The molecule has 1 amide bonds. The lowest BCUT2D eigenvalue weighted by Gasteiger charge is -2.34. The molecule has 0 radical (unpaired) electrons. The fourth-order valence-electron chi connectivity index (χ4n) is 3.86. The summed E-state index contributed by atoms with van der Waals surface area (Å²) in [4.78, 5) is 24.1. The normalized spacial score (nSPS) is 17.3. The van der Waals surface area contributed by atoms with E-state index < -0.39 is 10.8 Å². The van der Waals surface area contributed by atoms with E-state index in [2.05, 4.69) is 19.2 Å². The molecule has 29 heavy (non-hydrogen) atoms. The molecule has 8 nitrogen and oxygen atoms in total. The second kappa shape index (κ2) is 7.77. The first-order valence-corrected chi connectivity index (χ1v) is 9.54. The smallest absolute Gasteiger partial charge is 0.286 e. The van der Waals surface area contributed by atoms with Crippen molar-refractivity contribution in [3.8, 4) is 11.5 Å². The van der Waals surface area contributed by atoms with Crippen LogP contribution in [0.4, 0.5) is 5.69 Å². The molecule has 1 unspecified atom stereocenters. The van der Waals surface area contributed by atoms with Crippen molar-refractivity contribution in [3.63, 3.8) is 0 Å². The van der Waals surface area contributed by atoms with Crippen molar-refractivity contribution < 1.29 is 23.6 Å². The van der Waals surface area contributed by atoms with Crippen LogP contribution in [0.2, 0.25) is 0 Å². The van der Waals surface area contributed by atoms with E-state index in [1.54, 1.807) is 6.92 Å². The minimum atomic E-state index is -0.588. The fraction of sp³-hybridized carbons (Fsp3) is 0.476. The molecule has 156 valence electrons. The van der Waals surface area contributed by atoms with Crippen molar-refractivity contribution in [2.45, 2.75) is 46.6 Å². The third kappa shape index (κ3) is 4.21. The van der Waals surface area contributed by atoms with E-state index in [0.29, 0.717) is 13.0 Å². The van der Waals surface area contributed by atoms with Crippen LogP contribution in [0, 0.1) is 22.5 Å². The molecule has 2 aromatic rings. The molecule has 0 bridgehead atoms. The Bertz CT molecular complexity index is 947. The van der Waals surface area contributed by atoms with Crippen molar-refractivity contribution in [2.24, 2.45) is 5.41 Å². The highest BCUT2D eigenvalue weighted by Crippen LogP contribution is 2.42. The van der Waals surface area contributed by atoms with Crippen molar-refractivity contribution in [1.82, 2.24) is 5.32 Å². The van der Waals surface area contributed by atoms with Gasteiger partial charge in [0.2, 0.25) is 0 Å². The van der Waals surface area contributed by atoms with Gasteiger partial charge in [-0.05, 0) is 31.7 Å². The highest BCUT2D eigenvalue weighted by molar-refractivity contribution is 5.99. The second-order valence-electron chi connectivity index (χ2n) is 8.02. The van der Waals surface area contributed by atoms with E-state index in [-0.39, 0.29) is 34.2 Å². The number of rotatable bonds is 6. The molecule has 1 atom stereocenters. The zero-order chi connectivity index (χ0) is 21.3. The monoisotopic (exact) mass is 402 g/mol. The summed E-state index contributed by atoms with van der Waals surface area (Å²) in [6.07, 6.45) is 1.48. The summed E-state index contributed by atoms with van der Waals surface area (Å²) in [5.41, 5.74) is 0.458. The molecule has 1 aromatic carbocycles. The Morgan fingerprint density at radius 3 is 2.69 bits per heavy atom. The zero-order valence-corrected chi connectivity index (χ0v) is 17.3. The summed E-state index contributed by atoms with van der Waals surface area (Å²) < 4.78 is 16.5. The molecule has 0 fully saturated rings. The lowest BCUT2D eigenvalue weighted by atomic mass is 9.74. The summed E-state index contributed by atoms with van der Waals surface area (Å²) >= 11 is 0. The van der Waals surface area contributed by atoms with Crippen LogP contribution in [0.3, 0.4) is 0 Å². The summed E-state index contributed by atoms with van der Waals surface area (Å²) in [7, 11) is 1.43. The summed E-state index contributed by atoms with van der Waals surface area (Å²) in [6.45, 7) is 8.16. The third-order valence-electron chi connectivity index (χ3n) is 5.06. The first-order chi connectivity index (χ1) is 13.6. The Kier molecular flexibility index (Phi) is 5.55. The van der Waals surface area contributed by atoms with Gasteiger partial charge < -0.3 is 19.2 Å². The van der Waals surface area contributed by atoms with E-state index >= 15 is 0 Å². The third-order valence-corrected chi connectivity index (χ3v) is 5.06. The van der Waals surface area contributed by atoms with Crippen LogP contribution in [0.15, 0.2) is 22.6 Å². The van der Waals surface area contributed by atoms with Gasteiger partial charge in [0, 0.05) is 18.1 Å². The first kappa shape index (κ1) is 20.7. The number of methoxy groups -OCH3 is 1. The van der Waals surface area contributed by atoms with Gasteiger partial charge in [0.1, 0.15) is 17.1 Å². The number of hydrogen-bond acceptors (Lipinski definition) is 6. The molecule has 0 aliphatic heterocycles. The Morgan fingerprint density at radius 2 is 2.07 bits per heavy atom. The minimum Gasteiger partial charge on any atom is -0.493 e. The van der Waals surface area contributed by atoms with Gasteiger partial charge in [0.15, 0.2) is 11.5 Å². The SMILES string of the molecule is CCOc1cc([N+](=O)[O-])c(C(=O)NC2CC(C)(C)Cc3oc(C)cc32)cc1OC. The maximum absolute atomic E-state index is 13.1. The van der Waals surface area contributed by atoms with Crippen molar-refractivity contribution >= 4 is 11.6 Å². The molecule has 1 heterocycles. The molecule has 0 saturated heterocycles. The van der Waals surface area contributed by atoms with Crippen LogP contribution in [-0.4, -0.2) is 24.5 Å². The lowest BCUT2D eigenvalue weighted by Crippen LogP contribution is -2.36. The van der Waals surface area contributed by atoms with Gasteiger partial charge in [0.05, 0.1) is 30.7 Å². The quantitative estimate of drug-likeness (QED) is 0.569. The number of furan rings is 1. The van der Waals surface area contributed by atoms with Crippen molar-refractivity contribution in [1.29, 1.82) is 0 Å². The number of aryl methyl sites for hydroxylation is 1. The zero-order valence-electron chi connectivity index (χ0n) is 17.3. The average molecular weight is 402 g/mol. The highest BCUT2D eigenvalue weighted by Gasteiger charge is 2.36. The van der Waals surface area contributed by atoms with Crippen LogP contribution in [0.5, 0.6) is 11.5 Å². The molecule has 1 aliphatic rings. The summed E-state index contributed by atoms with van der Waals surface area (Å²) in [5, 5.41) is 14.6. The number of carbonyl (C=O) groups is 1. The second-order valence-corrected chi connectivity index (χ2v) is 8.02. The first-order valence-electron chi connectivity index (χ1n) is 9.54. The molecule has 0 saturated carbocycles. The van der Waals surface area contributed by atoms with E-state index in [1.165, 1.54) is 19.2 Å².